The molecule has 8 heteroatoms. The van der Waals surface area contributed by atoms with Crippen LogP contribution in [0.1, 0.15) is 44.7 Å². The van der Waals surface area contributed by atoms with Crippen molar-refractivity contribution in [3.8, 4) is 11.4 Å². The van der Waals surface area contributed by atoms with E-state index < -0.39 is 0 Å². The number of thiocarbonyl (C=S) groups is 1. The minimum absolute atomic E-state index is 0.308. The van der Waals surface area contributed by atoms with E-state index >= 15 is 0 Å². The molecular weight excluding hydrogens is 447 g/mol. The third-order valence-corrected chi connectivity index (χ3v) is 6.02. The second-order valence-electron chi connectivity index (χ2n) is 8.20. The summed E-state index contributed by atoms with van der Waals surface area (Å²) in [5.41, 5.74) is 3.24. The molecule has 0 aliphatic carbocycles. The maximum absolute atomic E-state index is 13.7. The van der Waals surface area contributed by atoms with Crippen LogP contribution in [0.25, 0.3) is 17.0 Å². The molecule has 0 bridgehead atoms. The van der Waals surface area contributed by atoms with Crippen molar-refractivity contribution in [2.24, 2.45) is 5.92 Å². The van der Waals surface area contributed by atoms with Crippen molar-refractivity contribution >= 4 is 34.5 Å². The lowest BCUT2D eigenvalue weighted by molar-refractivity contribution is 0.390. The molecule has 0 fully saturated rings. The number of allylic oxidation sites excluding steroid dienone is 1. The van der Waals surface area contributed by atoms with Crippen LogP contribution in [0.4, 0.5) is 4.39 Å². The van der Waals surface area contributed by atoms with Crippen LogP contribution in [0.3, 0.4) is 0 Å². The average Bonchev–Trinajstić information content (AvgIpc) is 3.22. The summed E-state index contributed by atoms with van der Waals surface area (Å²) in [5, 5.41) is 8.80. The fraction of sp³-hybridized carbons (Fsp3) is 0.292. The first-order chi connectivity index (χ1) is 15.3. The zero-order chi connectivity index (χ0) is 22.8. The van der Waals surface area contributed by atoms with Gasteiger partial charge in [-0.05, 0) is 61.3 Å². The number of rotatable bonds is 6. The van der Waals surface area contributed by atoms with Gasteiger partial charge < -0.3 is 14.7 Å². The van der Waals surface area contributed by atoms with E-state index in [-0.39, 0.29) is 11.9 Å². The normalized spacial score (nSPS) is 16.6. The molecule has 1 aliphatic heterocycles. The van der Waals surface area contributed by atoms with Crippen LogP contribution in [0, 0.1) is 11.7 Å². The quantitative estimate of drug-likeness (QED) is 0.430. The predicted molar refractivity (Wildman–Crippen MR) is 128 cm³/mol. The predicted octanol–water partition coefficient (Wildman–Crippen LogP) is 6.24. The molecule has 4 rings (SSSR count). The van der Waals surface area contributed by atoms with Crippen LogP contribution in [-0.4, -0.2) is 26.7 Å². The SMILES string of the molecule is CC1=C(c2nc(-c3cccc(F)c3)no2)C(c2cccc(Cl)c2)NC(=S)N1CCC(C)C. The van der Waals surface area contributed by atoms with Gasteiger partial charge in [-0.25, -0.2) is 4.39 Å². The number of hydrogen-bond donors (Lipinski definition) is 1. The molecule has 1 N–H and O–H groups in total. The first-order valence-corrected chi connectivity index (χ1v) is 11.3. The van der Waals surface area contributed by atoms with Crippen LogP contribution in [0.15, 0.2) is 58.8 Å². The van der Waals surface area contributed by atoms with Crippen molar-refractivity contribution in [2.75, 3.05) is 6.54 Å². The van der Waals surface area contributed by atoms with Crippen molar-refractivity contribution in [1.29, 1.82) is 0 Å². The van der Waals surface area contributed by atoms with Crippen LogP contribution in [0.2, 0.25) is 5.02 Å². The Morgan fingerprint density at radius 3 is 2.72 bits per heavy atom. The van der Waals surface area contributed by atoms with E-state index in [1.54, 1.807) is 12.1 Å². The maximum atomic E-state index is 13.7. The summed E-state index contributed by atoms with van der Waals surface area (Å²) in [6.45, 7) is 7.13. The third kappa shape index (κ3) is 4.69. The molecule has 166 valence electrons. The van der Waals surface area contributed by atoms with Crippen LogP contribution < -0.4 is 5.32 Å². The highest BCUT2D eigenvalue weighted by Crippen LogP contribution is 2.38. The summed E-state index contributed by atoms with van der Waals surface area (Å²) in [4.78, 5) is 6.67. The number of nitrogens with one attached hydrogen (secondary N) is 1. The topological polar surface area (TPSA) is 54.2 Å². The van der Waals surface area contributed by atoms with E-state index in [0.29, 0.717) is 33.3 Å². The Hall–Kier alpha value is -2.77. The van der Waals surface area contributed by atoms with Crippen LogP contribution in [0.5, 0.6) is 0 Å². The van der Waals surface area contributed by atoms with Gasteiger partial charge in [0.1, 0.15) is 5.82 Å². The van der Waals surface area contributed by atoms with Gasteiger partial charge in [0.15, 0.2) is 5.11 Å². The summed E-state index contributed by atoms with van der Waals surface area (Å²) in [6, 6.07) is 13.4. The van der Waals surface area contributed by atoms with E-state index in [9.17, 15) is 4.39 Å². The zero-order valence-electron chi connectivity index (χ0n) is 18.1. The number of benzene rings is 2. The fourth-order valence-electron chi connectivity index (χ4n) is 3.73. The van der Waals surface area contributed by atoms with Crippen LogP contribution in [-0.2, 0) is 0 Å². The molecule has 32 heavy (non-hydrogen) atoms. The Morgan fingerprint density at radius 1 is 1.22 bits per heavy atom. The second kappa shape index (κ2) is 9.38. The summed E-state index contributed by atoms with van der Waals surface area (Å²) in [5.74, 6) is 0.857. The summed E-state index contributed by atoms with van der Waals surface area (Å²) >= 11 is 12.0. The standard InChI is InChI=1S/C24H24ClFN4OS/c1-14(2)10-11-30-15(3)20(21(27-24(30)32)16-6-4-8-18(25)12-16)23-28-22(29-31-23)17-7-5-9-19(26)13-17/h4-9,12-14,21H,10-11H2,1-3H3,(H,27,32). The van der Waals surface area contributed by atoms with E-state index in [2.05, 4.69) is 34.2 Å². The van der Waals surface area contributed by atoms with Crippen molar-refractivity contribution in [3.05, 3.63) is 76.5 Å². The monoisotopic (exact) mass is 470 g/mol. The van der Waals surface area contributed by atoms with Gasteiger partial charge in [0.05, 0.1) is 11.6 Å². The van der Waals surface area contributed by atoms with E-state index in [0.717, 1.165) is 29.8 Å². The molecule has 1 aliphatic rings. The average molecular weight is 471 g/mol. The van der Waals surface area contributed by atoms with Gasteiger partial charge >= 0.3 is 0 Å². The first-order valence-electron chi connectivity index (χ1n) is 10.5. The molecule has 1 aromatic heterocycles. The molecule has 1 unspecified atom stereocenters. The maximum Gasteiger partial charge on any atom is 0.258 e. The summed E-state index contributed by atoms with van der Waals surface area (Å²) in [6.07, 6.45) is 0.979. The lowest BCUT2D eigenvalue weighted by Gasteiger charge is -2.37. The molecule has 1 atom stereocenters. The zero-order valence-corrected chi connectivity index (χ0v) is 19.7. The highest BCUT2D eigenvalue weighted by molar-refractivity contribution is 7.80. The van der Waals surface area contributed by atoms with Gasteiger partial charge in [0.25, 0.3) is 5.89 Å². The molecule has 0 saturated heterocycles. The minimum Gasteiger partial charge on any atom is -0.351 e. The molecule has 0 radical (unpaired) electrons. The Kier molecular flexibility index (Phi) is 6.58. The van der Waals surface area contributed by atoms with Gasteiger partial charge in [-0.1, -0.05) is 54.9 Å². The molecule has 0 saturated carbocycles. The van der Waals surface area contributed by atoms with E-state index in [4.69, 9.17) is 28.3 Å². The number of hydrogen-bond acceptors (Lipinski definition) is 4. The molecule has 0 spiro atoms. The Morgan fingerprint density at radius 2 is 2.00 bits per heavy atom. The molecule has 2 aromatic carbocycles. The lowest BCUT2D eigenvalue weighted by Crippen LogP contribution is -2.46. The fourth-order valence-corrected chi connectivity index (χ4v) is 4.27. The number of aromatic nitrogens is 2. The van der Waals surface area contributed by atoms with Gasteiger partial charge in [-0.2, -0.15) is 4.98 Å². The van der Waals surface area contributed by atoms with Crippen LogP contribution >= 0.6 is 23.8 Å². The molecular formula is C24H24ClFN4OS. The van der Waals surface area contributed by atoms with Crippen molar-refractivity contribution in [2.45, 2.75) is 33.2 Å². The molecule has 0 amide bonds. The largest absolute Gasteiger partial charge is 0.351 e. The first kappa shape index (κ1) is 22.4. The Bertz CT molecular complexity index is 1180. The highest BCUT2D eigenvalue weighted by atomic mass is 35.5. The van der Waals surface area contributed by atoms with Gasteiger partial charge in [-0.15, -0.1) is 0 Å². The molecule has 3 aromatic rings. The van der Waals surface area contributed by atoms with Gasteiger partial charge in [0, 0.05) is 22.8 Å². The Labute approximate surface area is 197 Å². The minimum atomic E-state index is -0.356. The summed E-state index contributed by atoms with van der Waals surface area (Å²) in [7, 11) is 0. The van der Waals surface area contributed by atoms with Crippen molar-refractivity contribution in [3.63, 3.8) is 0 Å². The smallest absolute Gasteiger partial charge is 0.258 e. The summed E-state index contributed by atoms with van der Waals surface area (Å²) < 4.78 is 19.4. The van der Waals surface area contributed by atoms with E-state index in [1.165, 1.54) is 12.1 Å². The van der Waals surface area contributed by atoms with Gasteiger partial charge in [0.2, 0.25) is 5.82 Å². The molecule has 2 heterocycles. The highest BCUT2D eigenvalue weighted by Gasteiger charge is 2.34. The van der Waals surface area contributed by atoms with Crippen molar-refractivity contribution in [1.82, 2.24) is 20.4 Å². The Balaban J connectivity index is 1.80. The number of halogens is 2. The third-order valence-electron chi connectivity index (χ3n) is 5.45. The number of nitrogens with zero attached hydrogens (tertiary/aromatic N) is 3. The van der Waals surface area contributed by atoms with E-state index in [1.807, 2.05) is 31.2 Å². The van der Waals surface area contributed by atoms with Crippen molar-refractivity contribution < 1.29 is 8.91 Å². The second-order valence-corrected chi connectivity index (χ2v) is 9.03. The van der Waals surface area contributed by atoms with Gasteiger partial charge in [-0.3, -0.25) is 0 Å². The molecule has 5 nitrogen and oxygen atoms in total. The lowest BCUT2D eigenvalue weighted by atomic mass is 9.94.